The van der Waals surface area contributed by atoms with E-state index in [1.54, 1.807) is 11.4 Å². The molecule has 0 bridgehead atoms. The maximum Gasteiger partial charge on any atom is 0.258 e. The van der Waals surface area contributed by atoms with E-state index >= 15 is 0 Å². The Kier molecular flexibility index (Phi) is 3.68. The van der Waals surface area contributed by atoms with Crippen LogP contribution in [0.3, 0.4) is 0 Å². The molecule has 2 heterocycles. The van der Waals surface area contributed by atoms with Crippen molar-refractivity contribution in [1.82, 2.24) is 9.97 Å². The first-order valence-corrected chi connectivity index (χ1v) is 7.57. The van der Waals surface area contributed by atoms with E-state index in [2.05, 4.69) is 15.3 Å². The van der Waals surface area contributed by atoms with Gasteiger partial charge in [0, 0.05) is 23.4 Å². The van der Waals surface area contributed by atoms with Gasteiger partial charge in [-0.1, -0.05) is 18.2 Å². The molecule has 6 heteroatoms. The van der Waals surface area contributed by atoms with Gasteiger partial charge in [-0.05, 0) is 19.1 Å². The van der Waals surface area contributed by atoms with Gasteiger partial charge in [-0.25, -0.2) is 4.98 Å². The Hall–Kier alpha value is -2.60. The summed E-state index contributed by atoms with van der Waals surface area (Å²) in [6, 6.07) is 9.23. The van der Waals surface area contributed by atoms with E-state index in [4.69, 9.17) is 0 Å². The number of carbonyl (C=O) groups excluding carboxylic acids is 2. The fourth-order valence-electron chi connectivity index (χ4n) is 2.15. The largest absolute Gasteiger partial charge is 0.298 e. The summed E-state index contributed by atoms with van der Waals surface area (Å²) in [6.45, 7) is 3.29. The Morgan fingerprint density at radius 2 is 1.95 bits per heavy atom. The normalized spacial score (nSPS) is 10.6. The molecule has 110 valence electrons. The first-order chi connectivity index (χ1) is 10.5. The van der Waals surface area contributed by atoms with Crippen molar-refractivity contribution in [3.63, 3.8) is 0 Å². The maximum atomic E-state index is 12.5. The van der Waals surface area contributed by atoms with Gasteiger partial charge < -0.3 is 0 Å². The zero-order chi connectivity index (χ0) is 15.7. The number of Topliss-reactive ketones (excluding diaryl/α,β-unsaturated/α-hetero) is 1. The van der Waals surface area contributed by atoms with Crippen LogP contribution in [0.1, 0.15) is 33.5 Å². The molecule has 1 amide bonds. The van der Waals surface area contributed by atoms with Gasteiger partial charge in [0.1, 0.15) is 5.69 Å². The Bertz CT molecular complexity index is 886. The Morgan fingerprint density at radius 3 is 2.68 bits per heavy atom. The average Bonchev–Trinajstić information content (AvgIpc) is 2.95. The van der Waals surface area contributed by atoms with Crippen molar-refractivity contribution >= 4 is 39.1 Å². The Balaban J connectivity index is 1.96. The number of hydrogen-bond donors (Lipinski definition) is 1. The molecule has 3 rings (SSSR count). The molecule has 0 fully saturated rings. The molecule has 1 N–H and O–H groups in total. The van der Waals surface area contributed by atoms with Crippen LogP contribution >= 0.6 is 11.3 Å². The molecule has 2 aromatic heterocycles. The molecule has 5 nitrogen and oxygen atoms in total. The average molecular weight is 311 g/mol. The van der Waals surface area contributed by atoms with Crippen LogP contribution in [0.2, 0.25) is 0 Å². The number of rotatable bonds is 3. The topological polar surface area (TPSA) is 72.0 Å². The van der Waals surface area contributed by atoms with Crippen molar-refractivity contribution in [3.8, 4) is 0 Å². The summed E-state index contributed by atoms with van der Waals surface area (Å²) in [5.41, 5.74) is 2.45. The quantitative estimate of drug-likeness (QED) is 0.752. The highest BCUT2D eigenvalue weighted by atomic mass is 32.1. The fourth-order valence-corrected chi connectivity index (χ4v) is 2.90. The number of aryl methyl sites for hydroxylation is 1. The summed E-state index contributed by atoms with van der Waals surface area (Å²) in [5.74, 6) is -0.381. The summed E-state index contributed by atoms with van der Waals surface area (Å²) in [7, 11) is 0. The summed E-state index contributed by atoms with van der Waals surface area (Å²) in [6.07, 6.45) is 0. The van der Waals surface area contributed by atoms with E-state index in [1.807, 2.05) is 31.2 Å². The number of hydrogen-bond acceptors (Lipinski definition) is 5. The fraction of sp³-hybridized carbons (Fsp3) is 0.125. The second kappa shape index (κ2) is 5.65. The van der Waals surface area contributed by atoms with Crippen LogP contribution in [0.5, 0.6) is 0 Å². The van der Waals surface area contributed by atoms with Crippen molar-refractivity contribution in [2.45, 2.75) is 13.8 Å². The predicted molar refractivity (Wildman–Crippen MR) is 86.6 cm³/mol. The summed E-state index contributed by atoms with van der Waals surface area (Å²) >= 11 is 1.23. The number of amides is 1. The molecule has 0 saturated carbocycles. The highest BCUT2D eigenvalue weighted by Crippen LogP contribution is 2.21. The van der Waals surface area contributed by atoms with Gasteiger partial charge in [-0.3, -0.25) is 19.9 Å². The summed E-state index contributed by atoms with van der Waals surface area (Å²) in [4.78, 5) is 32.3. The van der Waals surface area contributed by atoms with Crippen LogP contribution in [0.25, 0.3) is 10.9 Å². The van der Waals surface area contributed by atoms with Crippen LogP contribution in [0.15, 0.2) is 35.7 Å². The van der Waals surface area contributed by atoms with Crippen LogP contribution in [0.4, 0.5) is 5.13 Å². The molecule has 0 atom stereocenters. The molecular formula is C16H13N3O2S. The van der Waals surface area contributed by atoms with Crippen LogP contribution in [-0.4, -0.2) is 21.7 Å². The van der Waals surface area contributed by atoms with Gasteiger partial charge in [-0.15, -0.1) is 11.3 Å². The molecule has 0 aliphatic heterocycles. The van der Waals surface area contributed by atoms with Gasteiger partial charge in [0.2, 0.25) is 0 Å². The van der Waals surface area contributed by atoms with Crippen LogP contribution in [-0.2, 0) is 0 Å². The maximum absolute atomic E-state index is 12.5. The van der Waals surface area contributed by atoms with Gasteiger partial charge in [0.25, 0.3) is 5.91 Å². The molecule has 0 aliphatic carbocycles. The number of carbonyl (C=O) groups is 2. The number of anilines is 1. The van der Waals surface area contributed by atoms with Crippen molar-refractivity contribution in [2.24, 2.45) is 0 Å². The summed E-state index contributed by atoms with van der Waals surface area (Å²) < 4.78 is 0. The molecule has 0 unspecified atom stereocenters. The zero-order valence-electron chi connectivity index (χ0n) is 12.1. The lowest BCUT2D eigenvalue weighted by Crippen LogP contribution is -2.13. The second-order valence-electron chi connectivity index (χ2n) is 4.88. The number of benzene rings is 1. The first kappa shape index (κ1) is 14.3. The number of para-hydroxylation sites is 1. The van der Waals surface area contributed by atoms with E-state index in [9.17, 15) is 9.59 Å². The number of nitrogens with zero attached hydrogens (tertiary/aromatic N) is 2. The van der Waals surface area contributed by atoms with Crippen molar-refractivity contribution < 1.29 is 9.59 Å². The smallest absolute Gasteiger partial charge is 0.258 e. The monoisotopic (exact) mass is 311 g/mol. The lowest BCUT2D eigenvalue weighted by Gasteiger charge is -2.07. The number of ketones is 1. The Morgan fingerprint density at radius 1 is 1.18 bits per heavy atom. The third-order valence-electron chi connectivity index (χ3n) is 3.17. The lowest BCUT2D eigenvalue weighted by molar-refractivity contribution is 0.100. The van der Waals surface area contributed by atoms with E-state index in [0.717, 1.165) is 16.6 Å². The van der Waals surface area contributed by atoms with E-state index < -0.39 is 0 Å². The number of pyridine rings is 1. The van der Waals surface area contributed by atoms with Gasteiger partial charge >= 0.3 is 0 Å². The predicted octanol–water partition coefficient (Wildman–Crippen LogP) is 3.45. The minimum Gasteiger partial charge on any atom is -0.298 e. The van der Waals surface area contributed by atoms with Gasteiger partial charge in [0.05, 0.1) is 11.1 Å². The molecule has 3 aromatic rings. The van der Waals surface area contributed by atoms with Crippen molar-refractivity contribution in [3.05, 3.63) is 52.7 Å². The minimum absolute atomic E-state index is 0.123. The molecule has 1 aromatic carbocycles. The highest BCUT2D eigenvalue weighted by Gasteiger charge is 2.14. The molecule has 22 heavy (non-hydrogen) atoms. The minimum atomic E-state index is -0.258. The van der Waals surface area contributed by atoms with Gasteiger partial charge in [-0.2, -0.15) is 0 Å². The lowest BCUT2D eigenvalue weighted by atomic mass is 10.1. The third kappa shape index (κ3) is 2.73. The van der Waals surface area contributed by atoms with Crippen LogP contribution < -0.4 is 5.32 Å². The van der Waals surface area contributed by atoms with Crippen molar-refractivity contribution in [2.75, 3.05) is 5.32 Å². The second-order valence-corrected chi connectivity index (χ2v) is 5.73. The zero-order valence-corrected chi connectivity index (χ0v) is 12.9. The highest BCUT2D eigenvalue weighted by molar-refractivity contribution is 7.14. The van der Waals surface area contributed by atoms with Crippen molar-refractivity contribution in [1.29, 1.82) is 0 Å². The van der Waals surface area contributed by atoms with E-state index in [1.165, 1.54) is 18.3 Å². The number of aromatic nitrogens is 2. The summed E-state index contributed by atoms with van der Waals surface area (Å²) in [5, 5.41) is 5.57. The number of nitrogens with one attached hydrogen (secondary N) is 1. The van der Waals surface area contributed by atoms with E-state index in [-0.39, 0.29) is 11.7 Å². The molecule has 0 spiro atoms. The SMILES string of the molecule is CC(=O)c1csc(NC(=O)c2cc(C)nc3ccccc23)n1. The first-order valence-electron chi connectivity index (χ1n) is 6.69. The number of thiazole rings is 1. The molecular weight excluding hydrogens is 298 g/mol. The van der Waals surface area contributed by atoms with Crippen LogP contribution in [0, 0.1) is 6.92 Å². The molecule has 0 aliphatic rings. The van der Waals surface area contributed by atoms with Gasteiger partial charge in [0.15, 0.2) is 10.9 Å². The standard InChI is InChI=1S/C16H13N3O2S/c1-9-7-12(11-5-3-4-6-13(11)17-9)15(21)19-16-18-14(8-22-16)10(2)20/h3-8H,1-2H3,(H,18,19,21). The Labute approximate surface area is 131 Å². The molecule has 0 radical (unpaired) electrons. The molecule has 0 saturated heterocycles. The third-order valence-corrected chi connectivity index (χ3v) is 3.93. The number of fused-ring (bicyclic) bond motifs is 1. The van der Waals surface area contributed by atoms with E-state index in [0.29, 0.717) is 16.4 Å².